The van der Waals surface area contributed by atoms with Gasteiger partial charge in [0.05, 0.1) is 11.9 Å². The first-order chi connectivity index (χ1) is 23.1. The first-order valence-electron chi connectivity index (χ1n) is 16.8. The van der Waals surface area contributed by atoms with Crippen molar-refractivity contribution < 1.29 is 29.0 Å². The van der Waals surface area contributed by atoms with Gasteiger partial charge in [0.1, 0.15) is 11.8 Å². The molecule has 0 bridgehead atoms. The van der Waals surface area contributed by atoms with Gasteiger partial charge >= 0.3 is 5.97 Å². The number of pyridine rings is 1. The van der Waals surface area contributed by atoms with E-state index in [1.54, 1.807) is 0 Å². The lowest BCUT2D eigenvalue weighted by Gasteiger charge is -2.30. The quantitative estimate of drug-likeness (QED) is 0.189. The number of rotatable bonds is 13. The van der Waals surface area contributed by atoms with Gasteiger partial charge < -0.3 is 15.2 Å². The summed E-state index contributed by atoms with van der Waals surface area (Å²) in [5.74, 6) is 0.809. The van der Waals surface area contributed by atoms with Crippen molar-refractivity contribution in [3.8, 4) is 5.75 Å². The summed E-state index contributed by atoms with van der Waals surface area (Å²) in [6, 6.07) is 20.3. The van der Waals surface area contributed by atoms with Crippen LogP contribution in [0.1, 0.15) is 68.8 Å². The summed E-state index contributed by atoms with van der Waals surface area (Å²) in [4.78, 5) is 51.0. The Balaban J connectivity index is 0.000000218. The zero-order chi connectivity index (χ0) is 34.5. The molecule has 3 N–H and O–H groups in total. The molecule has 2 aromatic carbocycles. The number of carboxylic acid groups (broad SMARTS) is 1. The molecule has 3 aromatic rings. The maximum absolute atomic E-state index is 12.4. The number of aliphatic carboxylic acids is 1. The maximum atomic E-state index is 12.4. The lowest BCUT2D eigenvalue weighted by molar-refractivity contribution is -0.142. The number of thioether (sulfide) groups is 1. The minimum atomic E-state index is -0.974. The second-order valence-corrected chi connectivity index (χ2v) is 14.0. The van der Waals surface area contributed by atoms with Gasteiger partial charge in [-0.3, -0.25) is 24.7 Å². The lowest BCUT2D eigenvalue weighted by atomic mass is 9.76. The Labute approximate surface area is 287 Å². The summed E-state index contributed by atoms with van der Waals surface area (Å²) in [7, 11) is 0. The molecule has 9 nitrogen and oxygen atoms in total. The van der Waals surface area contributed by atoms with Crippen LogP contribution in [0.4, 0.5) is 4.79 Å². The highest BCUT2D eigenvalue weighted by molar-refractivity contribution is 8.15. The van der Waals surface area contributed by atoms with Crippen molar-refractivity contribution in [2.45, 2.75) is 83.4 Å². The normalized spacial score (nSPS) is 19.5. The molecule has 0 radical (unpaired) electrons. The molecule has 10 heteroatoms. The predicted molar refractivity (Wildman–Crippen MR) is 188 cm³/mol. The summed E-state index contributed by atoms with van der Waals surface area (Å²) in [6.45, 7) is 7.13. The molecule has 2 atom stereocenters. The highest BCUT2D eigenvalue weighted by atomic mass is 32.2. The van der Waals surface area contributed by atoms with Gasteiger partial charge in [0.25, 0.3) is 5.24 Å². The Kier molecular flexibility index (Phi) is 14.0. The van der Waals surface area contributed by atoms with E-state index in [4.69, 9.17) is 4.74 Å². The van der Waals surface area contributed by atoms with Crippen LogP contribution in [-0.4, -0.2) is 51.0 Å². The van der Waals surface area contributed by atoms with Crippen molar-refractivity contribution in [1.29, 1.82) is 0 Å². The van der Waals surface area contributed by atoms with Crippen LogP contribution < -0.4 is 15.4 Å². The molecule has 2 fully saturated rings. The number of amides is 3. The van der Waals surface area contributed by atoms with E-state index in [-0.39, 0.29) is 28.2 Å². The molecular formula is C38H47N3O6S. The molecule has 3 amide bonds. The van der Waals surface area contributed by atoms with Crippen LogP contribution in [0.5, 0.6) is 5.75 Å². The maximum Gasteiger partial charge on any atom is 0.326 e. The number of hydrogen-bond acceptors (Lipinski definition) is 7. The number of imide groups is 1. The first kappa shape index (κ1) is 36.7. The summed E-state index contributed by atoms with van der Waals surface area (Å²) >= 11 is 1.05. The molecule has 1 saturated carbocycles. The molecule has 2 aliphatic rings. The van der Waals surface area contributed by atoms with E-state index in [0.717, 1.165) is 72.9 Å². The number of ether oxygens (including phenoxy) is 1. The van der Waals surface area contributed by atoms with Gasteiger partial charge in [-0.2, -0.15) is 0 Å². The summed E-state index contributed by atoms with van der Waals surface area (Å²) in [6.07, 6.45) is 8.38. The van der Waals surface area contributed by atoms with Gasteiger partial charge in [0.15, 0.2) is 0 Å². The minimum absolute atomic E-state index is 0.0392. The van der Waals surface area contributed by atoms with E-state index >= 15 is 0 Å². The molecule has 1 aliphatic carbocycles. The largest absolute Gasteiger partial charge is 0.493 e. The Bertz CT molecular complexity index is 1490. The van der Waals surface area contributed by atoms with Gasteiger partial charge in [-0.15, -0.1) is 0 Å². The number of carbonyl (C=O) groups excluding carboxylic acids is 3. The Morgan fingerprint density at radius 3 is 2.21 bits per heavy atom. The SMILES string of the molecule is CC(C)[C@H]1CC[C@H](C(=O)N[C@H](Cc2ccccc2)C(=O)O)CC1.CCc1ccc(CCOc2ccc(CC3SC(=O)NC3=O)cc2)nc1. The molecule has 2 heterocycles. The second kappa shape index (κ2) is 18.4. The van der Waals surface area contributed by atoms with E-state index in [1.165, 1.54) is 5.56 Å². The molecule has 1 aliphatic heterocycles. The zero-order valence-corrected chi connectivity index (χ0v) is 28.8. The van der Waals surface area contributed by atoms with Crippen molar-refractivity contribution >= 4 is 34.8 Å². The van der Waals surface area contributed by atoms with E-state index in [9.17, 15) is 24.3 Å². The van der Waals surface area contributed by atoms with Crippen molar-refractivity contribution in [3.63, 3.8) is 0 Å². The minimum Gasteiger partial charge on any atom is -0.493 e. The molecule has 1 saturated heterocycles. The number of aryl methyl sites for hydroxylation is 1. The van der Waals surface area contributed by atoms with Crippen LogP contribution in [0, 0.1) is 17.8 Å². The number of benzene rings is 2. The van der Waals surface area contributed by atoms with Crippen molar-refractivity contribution in [3.05, 3.63) is 95.3 Å². The van der Waals surface area contributed by atoms with Gasteiger partial charge in [-0.25, -0.2) is 4.79 Å². The molecule has 48 heavy (non-hydrogen) atoms. The van der Waals surface area contributed by atoms with Crippen molar-refractivity contribution in [1.82, 2.24) is 15.6 Å². The number of nitrogens with one attached hydrogen (secondary N) is 2. The third-order valence-electron chi connectivity index (χ3n) is 9.02. The summed E-state index contributed by atoms with van der Waals surface area (Å²) < 4.78 is 5.75. The molecule has 1 aromatic heterocycles. The highest BCUT2D eigenvalue weighted by Gasteiger charge is 2.32. The van der Waals surface area contributed by atoms with E-state index < -0.39 is 12.0 Å². The van der Waals surface area contributed by atoms with Gasteiger partial charge in [-0.05, 0) is 85.3 Å². The predicted octanol–water partition coefficient (Wildman–Crippen LogP) is 6.42. The van der Waals surface area contributed by atoms with E-state index in [2.05, 4.69) is 42.5 Å². The third kappa shape index (κ3) is 11.5. The Morgan fingerprint density at radius 2 is 1.65 bits per heavy atom. The van der Waals surface area contributed by atoms with Crippen molar-refractivity contribution in [2.75, 3.05) is 6.61 Å². The number of nitrogens with zero attached hydrogens (tertiary/aromatic N) is 1. The van der Waals surface area contributed by atoms with Crippen LogP contribution in [0.3, 0.4) is 0 Å². The fourth-order valence-corrected chi connectivity index (χ4v) is 6.80. The molecule has 5 rings (SSSR count). The standard InChI is InChI=1S/C19H20N2O3S.C19H27NO3/c1-2-13-3-6-15(20-12-13)9-10-24-16-7-4-14(5-8-16)11-17-18(22)21-19(23)25-17;1-13(2)15-8-10-16(11-9-15)18(21)20-17(19(22)23)12-14-6-4-3-5-7-14/h3-8,12,17H,2,9-11H2,1H3,(H,21,22,23);3-7,13,15-17H,8-12H2,1-2H3,(H,20,21)(H,22,23)/t;15-,16-,17-/m.1/s1. The number of hydrogen-bond donors (Lipinski definition) is 3. The van der Waals surface area contributed by atoms with Crippen LogP contribution >= 0.6 is 11.8 Å². The summed E-state index contributed by atoms with van der Waals surface area (Å²) in [5.41, 5.74) is 4.18. The van der Waals surface area contributed by atoms with Crippen molar-refractivity contribution in [2.24, 2.45) is 17.8 Å². The fraction of sp³-hybridized carbons (Fsp3) is 0.447. The lowest BCUT2D eigenvalue weighted by Crippen LogP contribution is -2.45. The van der Waals surface area contributed by atoms with E-state index in [1.807, 2.05) is 66.9 Å². The van der Waals surface area contributed by atoms with Crippen LogP contribution in [0.15, 0.2) is 72.9 Å². The number of aromatic nitrogens is 1. The average molecular weight is 674 g/mol. The molecule has 256 valence electrons. The number of carboxylic acids is 1. The zero-order valence-electron chi connectivity index (χ0n) is 28.0. The van der Waals surface area contributed by atoms with Gasteiger partial charge in [0.2, 0.25) is 11.8 Å². The second-order valence-electron chi connectivity index (χ2n) is 12.8. The number of carbonyl (C=O) groups is 4. The fourth-order valence-electron chi connectivity index (χ4n) is 5.94. The monoisotopic (exact) mass is 673 g/mol. The molecule has 1 unspecified atom stereocenters. The van der Waals surface area contributed by atoms with Crippen LogP contribution in [-0.2, 0) is 40.1 Å². The Morgan fingerprint density at radius 1 is 0.958 bits per heavy atom. The van der Waals surface area contributed by atoms with Crippen LogP contribution in [0.25, 0.3) is 0 Å². The highest BCUT2D eigenvalue weighted by Crippen LogP contribution is 2.33. The van der Waals surface area contributed by atoms with Gasteiger partial charge in [-0.1, -0.05) is 81.1 Å². The first-order valence-corrected chi connectivity index (χ1v) is 17.7. The van der Waals surface area contributed by atoms with Gasteiger partial charge in [0, 0.05) is 30.7 Å². The third-order valence-corrected chi connectivity index (χ3v) is 10.00. The van der Waals surface area contributed by atoms with Crippen LogP contribution in [0.2, 0.25) is 0 Å². The summed E-state index contributed by atoms with van der Waals surface area (Å²) in [5, 5.41) is 13.8. The smallest absolute Gasteiger partial charge is 0.326 e. The Hall–Kier alpha value is -4.18. The average Bonchev–Trinajstić information content (AvgIpc) is 3.41. The molecular weight excluding hydrogens is 627 g/mol. The van der Waals surface area contributed by atoms with E-state index in [0.29, 0.717) is 31.3 Å². The topological polar surface area (TPSA) is 135 Å². The molecule has 0 spiro atoms.